The molecule has 41 heavy (non-hydrogen) atoms. The van der Waals surface area contributed by atoms with Crippen molar-refractivity contribution in [1.29, 1.82) is 5.26 Å². The Labute approximate surface area is 247 Å². The van der Waals surface area contributed by atoms with Gasteiger partial charge in [-0.25, -0.2) is 4.98 Å². The average Bonchev–Trinajstić information content (AvgIpc) is 3.66. The van der Waals surface area contributed by atoms with Gasteiger partial charge >= 0.3 is 6.01 Å². The minimum absolute atomic E-state index is 0.0323. The fraction of sp³-hybridized carbons (Fsp3) is 0.519. The van der Waals surface area contributed by atoms with Gasteiger partial charge in [-0.15, -0.1) is 23.1 Å². The molecule has 3 aliphatic heterocycles. The first kappa shape index (κ1) is 27.8. The van der Waals surface area contributed by atoms with Crippen molar-refractivity contribution in [2.45, 2.75) is 48.8 Å². The standard InChI is InChI=1S/C27H34N10O2S2/c1-3-37(16(2)17-6-4-8-31-21(17)29)24-33-23(34-25(35-24)39-15-26(14-38)7-5-9-32-26)36-12-27(13-36)20-18(10-28)22(30)41-19(20)11-40-27/h4,6,8,16,32,38H,3,5,7,9,11-15,30H2,1-2H3,(H2,29,31)/t16-,26?/m1/s1. The highest BCUT2D eigenvalue weighted by Crippen LogP contribution is 2.57. The number of fused-ring (bicyclic) bond motifs is 2. The average molecular weight is 595 g/mol. The second-order valence-corrected chi connectivity index (χ2v) is 13.3. The lowest BCUT2D eigenvalue weighted by Gasteiger charge is -2.47. The van der Waals surface area contributed by atoms with E-state index in [0.29, 0.717) is 47.9 Å². The van der Waals surface area contributed by atoms with Gasteiger partial charge in [-0.2, -0.15) is 20.2 Å². The van der Waals surface area contributed by atoms with Crippen LogP contribution in [0.2, 0.25) is 0 Å². The minimum Gasteiger partial charge on any atom is -0.461 e. The summed E-state index contributed by atoms with van der Waals surface area (Å²) in [6.07, 6.45) is 3.46. The summed E-state index contributed by atoms with van der Waals surface area (Å²) in [7, 11) is 0. The zero-order chi connectivity index (χ0) is 28.8. The molecule has 3 aliphatic rings. The van der Waals surface area contributed by atoms with Crippen LogP contribution in [0, 0.1) is 11.3 Å². The summed E-state index contributed by atoms with van der Waals surface area (Å²) in [6.45, 7) is 7.04. The number of aliphatic hydroxyl groups excluding tert-OH is 1. The van der Waals surface area contributed by atoms with E-state index < -0.39 is 5.54 Å². The number of hydrogen-bond donors (Lipinski definition) is 4. The van der Waals surface area contributed by atoms with E-state index in [1.807, 2.05) is 42.6 Å². The van der Waals surface area contributed by atoms with E-state index in [1.165, 1.54) is 16.2 Å². The van der Waals surface area contributed by atoms with E-state index in [9.17, 15) is 10.4 Å². The fourth-order valence-corrected chi connectivity index (χ4v) is 8.82. The molecule has 216 valence electrons. The number of aromatic nitrogens is 4. The minimum atomic E-state index is -0.515. The van der Waals surface area contributed by atoms with Gasteiger partial charge in [0.05, 0.1) is 28.5 Å². The quantitative estimate of drug-likeness (QED) is 0.284. The van der Waals surface area contributed by atoms with E-state index in [1.54, 1.807) is 6.20 Å². The molecular formula is C27H34N10O2S2. The maximum atomic E-state index is 10.1. The van der Waals surface area contributed by atoms with Crippen LogP contribution < -0.4 is 31.3 Å². The van der Waals surface area contributed by atoms with Crippen LogP contribution >= 0.6 is 23.1 Å². The Hall–Kier alpha value is -3.38. The molecule has 6 N–H and O–H groups in total. The monoisotopic (exact) mass is 594 g/mol. The Bertz CT molecular complexity index is 1480. The summed E-state index contributed by atoms with van der Waals surface area (Å²) in [5.74, 6) is 2.29. The molecule has 0 bridgehead atoms. The zero-order valence-electron chi connectivity index (χ0n) is 23.1. The second-order valence-electron chi connectivity index (χ2n) is 10.8. The Balaban J connectivity index is 1.32. The third-order valence-electron chi connectivity index (χ3n) is 8.32. The van der Waals surface area contributed by atoms with Gasteiger partial charge in [0.1, 0.15) is 23.5 Å². The van der Waals surface area contributed by atoms with Crippen molar-refractivity contribution in [3.63, 3.8) is 0 Å². The predicted octanol–water partition coefficient (Wildman–Crippen LogP) is 2.41. The topological polar surface area (TPSA) is 175 Å². The van der Waals surface area contributed by atoms with Gasteiger partial charge in [0.15, 0.2) is 0 Å². The van der Waals surface area contributed by atoms with E-state index >= 15 is 0 Å². The number of hydrogen-bond acceptors (Lipinski definition) is 14. The van der Waals surface area contributed by atoms with Gasteiger partial charge in [0.2, 0.25) is 11.9 Å². The van der Waals surface area contributed by atoms with Gasteiger partial charge < -0.3 is 36.4 Å². The van der Waals surface area contributed by atoms with Crippen LogP contribution in [0.3, 0.4) is 0 Å². The number of anilines is 4. The molecule has 2 saturated heterocycles. The molecule has 14 heteroatoms. The molecule has 0 amide bonds. The molecule has 1 spiro atoms. The summed E-state index contributed by atoms with van der Waals surface area (Å²) in [4.78, 5) is 23.9. The predicted molar refractivity (Wildman–Crippen MR) is 161 cm³/mol. The van der Waals surface area contributed by atoms with Gasteiger partial charge in [0, 0.05) is 47.6 Å². The van der Waals surface area contributed by atoms with Gasteiger partial charge in [0.25, 0.3) is 0 Å². The number of nitrogen functional groups attached to an aromatic ring is 2. The number of nitrogens with zero attached hydrogens (tertiary/aromatic N) is 7. The van der Waals surface area contributed by atoms with Gasteiger partial charge in [-0.3, -0.25) is 0 Å². The van der Waals surface area contributed by atoms with Crippen molar-refractivity contribution in [2.75, 3.05) is 60.7 Å². The SMILES string of the molecule is CCN(c1nc(OCC2(CO)CCCN2)nc(N2CC3(C2)SCc2sc(N)c(C#N)c23)n1)[C@H](C)c1cccnc1N. The molecule has 6 heterocycles. The molecule has 0 aliphatic carbocycles. The lowest BCUT2D eigenvalue weighted by molar-refractivity contribution is 0.112. The van der Waals surface area contributed by atoms with Gasteiger partial charge in [-0.1, -0.05) is 6.07 Å². The van der Waals surface area contributed by atoms with E-state index in [-0.39, 0.29) is 30.0 Å². The van der Waals surface area contributed by atoms with Crippen LogP contribution in [0.15, 0.2) is 18.3 Å². The van der Waals surface area contributed by atoms with E-state index in [4.69, 9.17) is 31.2 Å². The smallest absolute Gasteiger partial charge is 0.323 e. The van der Waals surface area contributed by atoms with E-state index in [0.717, 1.165) is 36.3 Å². The lowest BCUT2D eigenvalue weighted by atomic mass is 9.88. The van der Waals surface area contributed by atoms with Crippen molar-refractivity contribution in [2.24, 2.45) is 0 Å². The molecule has 2 atom stereocenters. The molecular weight excluding hydrogens is 560 g/mol. The van der Waals surface area contributed by atoms with Crippen LogP contribution in [0.1, 0.15) is 54.3 Å². The number of nitrogens with one attached hydrogen (secondary N) is 1. The van der Waals surface area contributed by atoms with Crippen LogP contribution in [-0.4, -0.2) is 70.0 Å². The Morgan fingerprint density at radius 3 is 2.83 bits per heavy atom. The number of nitrogens with two attached hydrogens (primary N) is 2. The highest BCUT2D eigenvalue weighted by atomic mass is 32.2. The molecule has 3 aromatic heterocycles. The molecule has 12 nitrogen and oxygen atoms in total. The van der Waals surface area contributed by atoms with Crippen molar-refractivity contribution >= 4 is 45.8 Å². The number of rotatable bonds is 9. The number of pyridine rings is 1. The van der Waals surface area contributed by atoms with Crippen molar-refractivity contribution in [1.82, 2.24) is 25.3 Å². The summed E-state index contributed by atoms with van der Waals surface area (Å²) in [6, 6.07) is 6.20. The summed E-state index contributed by atoms with van der Waals surface area (Å²) < 4.78 is 5.95. The Morgan fingerprint density at radius 1 is 1.32 bits per heavy atom. The first-order valence-corrected chi connectivity index (χ1v) is 15.5. The second kappa shape index (κ2) is 10.8. The number of nitriles is 1. The Morgan fingerprint density at radius 2 is 2.15 bits per heavy atom. The molecule has 6 rings (SSSR count). The maximum absolute atomic E-state index is 10.1. The summed E-state index contributed by atoms with van der Waals surface area (Å²) in [5, 5.41) is 23.8. The molecule has 0 aromatic carbocycles. The Kier molecular flexibility index (Phi) is 7.31. The molecule has 3 aromatic rings. The largest absolute Gasteiger partial charge is 0.461 e. The van der Waals surface area contributed by atoms with Crippen LogP contribution in [0.25, 0.3) is 0 Å². The highest BCUT2D eigenvalue weighted by molar-refractivity contribution is 8.00. The van der Waals surface area contributed by atoms with Crippen molar-refractivity contribution < 1.29 is 9.84 Å². The van der Waals surface area contributed by atoms with Crippen molar-refractivity contribution in [3.8, 4) is 12.1 Å². The summed E-state index contributed by atoms with van der Waals surface area (Å²) >= 11 is 3.37. The highest BCUT2D eigenvalue weighted by Gasteiger charge is 2.53. The first-order valence-electron chi connectivity index (χ1n) is 13.7. The number of thiophene rings is 1. The van der Waals surface area contributed by atoms with Gasteiger partial charge in [-0.05, 0) is 39.3 Å². The van der Waals surface area contributed by atoms with E-state index in [2.05, 4.69) is 21.3 Å². The molecule has 2 fully saturated rings. The van der Waals surface area contributed by atoms with Crippen LogP contribution in [0.5, 0.6) is 6.01 Å². The van der Waals surface area contributed by atoms with Crippen molar-refractivity contribution in [3.05, 3.63) is 39.9 Å². The number of aliphatic hydroxyl groups is 1. The molecule has 0 saturated carbocycles. The molecule has 0 radical (unpaired) electrons. The summed E-state index contributed by atoms with van der Waals surface area (Å²) in [5.41, 5.74) is 14.4. The van der Waals surface area contributed by atoms with Crippen LogP contribution in [0.4, 0.5) is 22.7 Å². The third kappa shape index (κ3) is 4.80. The normalized spacial score (nSPS) is 21.4. The number of thioether (sulfide) groups is 1. The first-order chi connectivity index (χ1) is 19.8. The lowest BCUT2D eigenvalue weighted by Crippen LogP contribution is -2.57. The maximum Gasteiger partial charge on any atom is 0.323 e. The van der Waals surface area contributed by atoms with Crippen LogP contribution in [-0.2, 0) is 10.5 Å². The zero-order valence-corrected chi connectivity index (χ0v) is 24.8. The number of ether oxygens (including phenoxy) is 1. The molecule has 1 unspecified atom stereocenters. The fourth-order valence-electron chi connectivity index (χ4n) is 6.01. The third-order valence-corrected chi connectivity index (χ3v) is 11.0.